The molecular formula is C13H14ClN3S. The van der Waals surface area contributed by atoms with Crippen LogP contribution < -0.4 is 10.6 Å². The van der Waals surface area contributed by atoms with Crippen LogP contribution in [0.1, 0.15) is 23.4 Å². The third kappa shape index (κ3) is 1.95. The summed E-state index contributed by atoms with van der Waals surface area (Å²) in [5, 5.41) is 2.61. The lowest BCUT2D eigenvalue weighted by Gasteiger charge is -2.34. The van der Waals surface area contributed by atoms with Gasteiger partial charge in [-0.15, -0.1) is 11.3 Å². The van der Waals surface area contributed by atoms with E-state index in [0.29, 0.717) is 16.9 Å². The Morgan fingerprint density at radius 2 is 2.33 bits per heavy atom. The van der Waals surface area contributed by atoms with Crippen molar-refractivity contribution in [2.24, 2.45) is 0 Å². The first kappa shape index (κ1) is 11.8. The third-order valence-electron chi connectivity index (χ3n) is 3.37. The summed E-state index contributed by atoms with van der Waals surface area (Å²) in [5.74, 6) is 0.865. The SMILES string of the molecule is CC1c2ccsc2CCN1c1cc(N)cc(Cl)n1. The number of rotatable bonds is 1. The van der Waals surface area contributed by atoms with Crippen molar-refractivity contribution < 1.29 is 0 Å². The van der Waals surface area contributed by atoms with Gasteiger partial charge in [-0.3, -0.25) is 0 Å². The highest BCUT2D eigenvalue weighted by Gasteiger charge is 2.25. The highest BCUT2D eigenvalue weighted by Crippen LogP contribution is 2.36. The molecule has 18 heavy (non-hydrogen) atoms. The second kappa shape index (κ2) is 4.44. The lowest BCUT2D eigenvalue weighted by molar-refractivity contribution is 0.625. The Labute approximate surface area is 115 Å². The number of pyridine rings is 1. The predicted molar refractivity (Wildman–Crippen MR) is 77.4 cm³/mol. The van der Waals surface area contributed by atoms with E-state index in [-0.39, 0.29) is 0 Å². The largest absolute Gasteiger partial charge is 0.399 e. The quantitative estimate of drug-likeness (QED) is 0.813. The molecule has 0 radical (unpaired) electrons. The number of nitrogen functional groups attached to an aromatic ring is 1. The van der Waals surface area contributed by atoms with Gasteiger partial charge in [0, 0.05) is 23.2 Å². The number of aromatic nitrogens is 1. The fourth-order valence-corrected chi connectivity index (χ4v) is 3.65. The van der Waals surface area contributed by atoms with Crippen LogP contribution in [0.15, 0.2) is 23.6 Å². The van der Waals surface area contributed by atoms with Crippen LogP contribution in [-0.4, -0.2) is 11.5 Å². The van der Waals surface area contributed by atoms with Crippen LogP contribution in [0.4, 0.5) is 11.5 Å². The van der Waals surface area contributed by atoms with Gasteiger partial charge in [0.15, 0.2) is 0 Å². The average molecular weight is 280 g/mol. The Morgan fingerprint density at radius 3 is 3.11 bits per heavy atom. The van der Waals surface area contributed by atoms with Crippen LogP contribution in [-0.2, 0) is 6.42 Å². The Balaban J connectivity index is 1.99. The maximum atomic E-state index is 5.98. The number of halogens is 1. The second-order valence-corrected chi connectivity index (χ2v) is 5.89. The Bertz CT molecular complexity index is 561. The molecule has 5 heteroatoms. The van der Waals surface area contributed by atoms with E-state index < -0.39 is 0 Å². The van der Waals surface area contributed by atoms with E-state index in [0.717, 1.165) is 18.8 Å². The molecular weight excluding hydrogens is 266 g/mol. The molecule has 0 spiro atoms. The van der Waals surface area contributed by atoms with Gasteiger partial charge in [0.05, 0.1) is 6.04 Å². The molecule has 2 aromatic heterocycles. The zero-order valence-corrected chi connectivity index (χ0v) is 11.6. The molecule has 0 saturated carbocycles. The van der Waals surface area contributed by atoms with Gasteiger partial charge in [0.2, 0.25) is 0 Å². The van der Waals surface area contributed by atoms with Crippen molar-refractivity contribution in [3.05, 3.63) is 39.2 Å². The second-order valence-electron chi connectivity index (χ2n) is 4.50. The van der Waals surface area contributed by atoms with Crippen molar-refractivity contribution in [3.63, 3.8) is 0 Å². The molecule has 3 nitrogen and oxygen atoms in total. The Morgan fingerprint density at radius 1 is 1.50 bits per heavy atom. The predicted octanol–water partition coefficient (Wildman–Crippen LogP) is 3.50. The fraction of sp³-hybridized carbons (Fsp3) is 0.308. The van der Waals surface area contributed by atoms with Gasteiger partial charge in [0.25, 0.3) is 0 Å². The van der Waals surface area contributed by atoms with Crippen LogP contribution in [0.25, 0.3) is 0 Å². The minimum atomic E-state index is 0.324. The molecule has 0 aliphatic carbocycles. The highest BCUT2D eigenvalue weighted by atomic mass is 35.5. The lowest BCUT2D eigenvalue weighted by atomic mass is 10.0. The number of hydrogen-bond donors (Lipinski definition) is 1. The van der Waals surface area contributed by atoms with Crippen LogP contribution in [0.3, 0.4) is 0 Å². The molecule has 2 N–H and O–H groups in total. The molecule has 0 saturated heterocycles. The average Bonchev–Trinajstić information content (AvgIpc) is 2.77. The Kier molecular flexibility index (Phi) is 2.92. The number of thiophene rings is 1. The van der Waals surface area contributed by atoms with E-state index in [9.17, 15) is 0 Å². The van der Waals surface area contributed by atoms with E-state index in [1.165, 1.54) is 10.4 Å². The van der Waals surface area contributed by atoms with Gasteiger partial charge in [-0.2, -0.15) is 0 Å². The zero-order chi connectivity index (χ0) is 12.7. The lowest BCUT2D eigenvalue weighted by Crippen LogP contribution is -2.33. The van der Waals surface area contributed by atoms with Crippen molar-refractivity contribution in [1.82, 2.24) is 4.98 Å². The molecule has 3 heterocycles. The molecule has 1 unspecified atom stereocenters. The van der Waals surface area contributed by atoms with Crippen molar-refractivity contribution >= 4 is 34.4 Å². The standard InChI is InChI=1S/C13H14ClN3S/c1-8-10-3-5-18-11(10)2-4-17(8)13-7-9(15)6-12(14)16-13/h3,5-8H,2,4H2,1H3,(H2,15,16). The molecule has 0 fully saturated rings. The first-order valence-electron chi connectivity index (χ1n) is 5.91. The van der Waals surface area contributed by atoms with E-state index in [2.05, 4.69) is 28.3 Å². The number of nitrogens with two attached hydrogens (primary N) is 1. The summed E-state index contributed by atoms with van der Waals surface area (Å²) >= 11 is 7.82. The minimum absolute atomic E-state index is 0.324. The molecule has 1 aliphatic rings. The summed E-state index contributed by atoms with van der Waals surface area (Å²) in [7, 11) is 0. The van der Waals surface area contributed by atoms with Gasteiger partial charge < -0.3 is 10.6 Å². The first-order chi connectivity index (χ1) is 8.65. The van der Waals surface area contributed by atoms with E-state index in [1.54, 1.807) is 6.07 Å². The summed E-state index contributed by atoms with van der Waals surface area (Å²) < 4.78 is 0. The summed E-state index contributed by atoms with van der Waals surface area (Å²) in [6, 6.07) is 6.09. The van der Waals surface area contributed by atoms with Crippen molar-refractivity contribution in [2.45, 2.75) is 19.4 Å². The molecule has 1 aliphatic heterocycles. The van der Waals surface area contributed by atoms with Gasteiger partial charge >= 0.3 is 0 Å². The van der Waals surface area contributed by atoms with Crippen molar-refractivity contribution in [1.29, 1.82) is 0 Å². The summed E-state index contributed by atoms with van der Waals surface area (Å²) in [4.78, 5) is 8.12. The Hall–Kier alpha value is -1.26. The smallest absolute Gasteiger partial charge is 0.133 e. The number of nitrogens with zero attached hydrogens (tertiary/aromatic N) is 2. The van der Waals surface area contributed by atoms with E-state index >= 15 is 0 Å². The van der Waals surface area contributed by atoms with Crippen LogP contribution in [0, 0.1) is 0 Å². The zero-order valence-electron chi connectivity index (χ0n) is 10.1. The number of hydrogen-bond acceptors (Lipinski definition) is 4. The van der Waals surface area contributed by atoms with Gasteiger partial charge in [-0.25, -0.2) is 4.98 Å². The molecule has 3 rings (SSSR count). The minimum Gasteiger partial charge on any atom is -0.399 e. The summed E-state index contributed by atoms with van der Waals surface area (Å²) in [5.41, 5.74) is 7.89. The fourth-order valence-electron chi connectivity index (χ4n) is 2.47. The van der Waals surface area contributed by atoms with Gasteiger partial charge in [-0.05, 0) is 36.4 Å². The summed E-state index contributed by atoms with van der Waals surface area (Å²) in [6.45, 7) is 3.16. The molecule has 94 valence electrons. The van der Waals surface area contributed by atoms with Crippen LogP contribution in [0.2, 0.25) is 5.15 Å². The number of fused-ring (bicyclic) bond motifs is 1. The maximum absolute atomic E-state index is 5.98. The third-order valence-corrected chi connectivity index (χ3v) is 4.56. The van der Waals surface area contributed by atoms with Crippen molar-refractivity contribution in [3.8, 4) is 0 Å². The topological polar surface area (TPSA) is 42.1 Å². The molecule has 0 bridgehead atoms. The highest BCUT2D eigenvalue weighted by molar-refractivity contribution is 7.10. The van der Waals surface area contributed by atoms with Crippen LogP contribution >= 0.6 is 22.9 Å². The summed E-state index contributed by atoms with van der Waals surface area (Å²) in [6.07, 6.45) is 1.06. The van der Waals surface area contributed by atoms with Gasteiger partial charge in [-0.1, -0.05) is 11.6 Å². The molecule has 2 aromatic rings. The van der Waals surface area contributed by atoms with E-state index in [1.807, 2.05) is 17.4 Å². The first-order valence-corrected chi connectivity index (χ1v) is 7.17. The molecule has 0 amide bonds. The van der Waals surface area contributed by atoms with Gasteiger partial charge in [0.1, 0.15) is 11.0 Å². The number of anilines is 2. The molecule has 0 aromatic carbocycles. The van der Waals surface area contributed by atoms with Crippen molar-refractivity contribution in [2.75, 3.05) is 17.2 Å². The normalized spacial score (nSPS) is 18.8. The monoisotopic (exact) mass is 279 g/mol. The maximum Gasteiger partial charge on any atom is 0.133 e. The molecule has 1 atom stereocenters. The van der Waals surface area contributed by atoms with Crippen LogP contribution in [0.5, 0.6) is 0 Å². The van der Waals surface area contributed by atoms with E-state index in [4.69, 9.17) is 17.3 Å².